The van der Waals surface area contributed by atoms with Crippen molar-refractivity contribution in [2.45, 2.75) is 6.61 Å². The number of benzene rings is 2. The van der Waals surface area contributed by atoms with Crippen LogP contribution in [-0.2, 0) is 11.4 Å². The highest BCUT2D eigenvalue weighted by Crippen LogP contribution is 2.30. The van der Waals surface area contributed by atoms with Gasteiger partial charge in [0.15, 0.2) is 0 Å². The second kappa shape index (κ2) is 6.58. The predicted molar refractivity (Wildman–Crippen MR) is 92.1 cm³/mol. The average Bonchev–Trinajstić information content (AvgIpc) is 3.04. The van der Waals surface area contributed by atoms with Gasteiger partial charge in [0, 0.05) is 25.8 Å². The van der Waals surface area contributed by atoms with Gasteiger partial charge in [-0.05, 0) is 17.7 Å². The van der Waals surface area contributed by atoms with Crippen molar-refractivity contribution in [3.8, 4) is 5.75 Å². The lowest BCUT2D eigenvalue weighted by atomic mass is 10.1. The smallest absolute Gasteiger partial charge is 0.294 e. The van der Waals surface area contributed by atoms with Crippen LogP contribution in [0.3, 0.4) is 0 Å². The molecule has 0 bridgehead atoms. The Morgan fingerprint density at radius 2 is 1.79 bits per heavy atom. The van der Waals surface area contributed by atoms with Gasteiger partial charge in [-0.1, -0.05) is 36.4 Å². The largest absolute Gasteiger partial charge is 0.488 e. The Morgan fingerprint density at radius 3 is 2.50 bits per heavy atom. The number of likely N-dealkylation sites (N-methyl/N-ethyl adjacent to an activating group) is 1. The molecule has 0 radical (unpaired) electrons. The van der Waals surface area contributed by atoms with E-state index in [1.165, 1.54) is 4.90 Å². The number of ketones is 1. The Labute approximate surface area is 139 Å². The summed E-state index contributed by atoms with van der Waals surface area (Å²) in [6.07, 6.45) is 1.56. The summed E-state index contributed by atoms with van der Waals surface area (Å²) in [6, 6.07) is 15.3. The average molecular weight is 322 g/mol. The van der Waals surface area contributed by atoms with Gasteiger partial charge in [-0.3, -0.25) is 9.59 Å². The third-order valence-corrected chi connectivity index (χ3v) is 3.75. The van der Waals surface area contributed by atoms with Crippen molar-refractivity contribution in [2.75, 3.05) is 14.1 Å². The van der Waals surface area contributed by atoms with E-state index in [1.54, 1.807) is 26.4 Å². The topological polar surface area (TPSA) is 62.4 Å². The normalized spacial score (nSPS) is 10.6. The third-order valence-electron chi connectivity index (χ3n) is 3.75. The Hall–Kier alpha value is -3.08. The number of carbonyl (C=O) groups is 2. The van der Waals surface area contributed by atoms with Crippen LogP contribution in [0.25, 0.3) is 10.9 Å². The molecule has 1 aromatic heterocycles. The lowest BCUT2D eigenvalue weighted by molar-refractivity contribution is -0.124. The lowest BCUT2D eigenvalue weighted by Gasteiger charge is -2.11. The van der Waals surface area contributed by atoms with Gasteiger partial charge >= 0.3 is 0 Å². The van der Waals surface area contributed by atoms with Gasteiger partial charge in [0.05, 0.1) is 10.9 Å². The standard InChI is InChI=1S/C19H18N2O3/c1-21(2)19(23)18(22)14-11-20-15-9-6-10-16(17(14)15)24-12-13-7-4-3-5-8-13/h3-11,20H,12H2,1-2H3. The minimum absolute atomic E-state index is 0.326. The maximum absolute atomic E-state index is 12.4. The fraction of sp³-hybridized carbons (Fsp3) is 0.158. The second-order valence-corrected chi connectivity index (χ2v) is 5.68. The molecule has 1 N–H and O–H groups in total. The molecule has 2 aromatic carbocycles. The molecule has 5 heteroatoms. The number of fused-ring (bicyclic) bond motifs is 1. The van der Waals surface area contributed by atoms with Gasteiger partial charge in [0.2, 0.25) is 0 Å². The summed E-state index contributed by atoms with van der Waals surface area (Å²) in [5, 5.41) is 0.633. The van der Waals surface area contributed by atoms with Gasteiger partial charge in [-0.15, -0.1) is 0 Å². The van der Waals surface area contributed by atoms with Crippen LogP contribution in [0.5, 0.6) is 5.75 Å². The van der Waals surface area contributed by atoms with E-state index in [4.69, 9.17) is 4.74 Å². The number of nitrogens with one attached hydrogen (secondary N) is 1. The Kier molecular flexibility index (Phi) is 4.33. The number of Topliss-reactive ketones (excluding diaryl/α,β-unsaturated/α-hetero) is 1. The summed E-state index contributed by atoms with van der Waals surface area (Å²) in [5.74, 6) is -0.539. The van der Waals surface area contributed by atoms with Crippen molar-refractivity contribution in [3.63, 3.8) is 0 Å². The van der Waals surface area contributed by atoms with E-state index in [0.717, 1.165) is 11.1 Å². The quantitative estimate of drug-likeness (QED) is 0.580. The highest BCUT2D eigenvalue weighted by molar-refractivity contribution is 6.45. The summed E-state index contributed by atoms with van der Waals surface area (Å²) in [6.45, 7) is 0.389. The van der Waals surface area contributed by atoms with Crippen LogP contribution in [0.4, 0.5) is 0 Å². The number of amides is 1. The molecule has 0 aliphatic heterocycles. The van der Waals surface area contributed by atoms with Crippen LogP contribution in [0.2, 0.25) is 0 Å². The van der Waals surface area contributed by atoms with Crippen molar-refractivity contribution in [3.05, 3.63) is 65.9 Å². The molecule has 24 heavy (non-hydrogen) atoms. The van der Waals surface area contributed by atoms with Crippen LogP contribution in [0.1, 0.15) is 15.9 Å². The molecular weight excluding hydrogens is 304 g/mol. The van der Waals surface area contributed by atoms with Crippen molar-refractivity contribution in [2.24, 2.45) is 0 Å². The molecule has 5 nitrogen and oxygen atoms in total. The van der Waals surface area contributed by atoms with E-state index < -0.39 is 11.7 Å². The molecule has 1 amide bonds. The molecule has 0 atom stereocenters. The molecule has 0 saturated heterocycles. The lowest BCUT2D eigenvalue weighted by Crippen LogP contribution is -2.29. The Balaban J connectivity index is 1.95. The van der Waals surface area contributed by atoms with E-state index >= 15 is 0 Å². The van der Waals surface area contributed by atoms with E-state index in [-0.39, 0.29) is 0 Å². The number of hydrogen-bond donors (Lipinski definition) is 1. The number of aromatic amines is 1. The maximum Gasteiger partial charge on any atom is 0.294 e. The molecule has 0 unspecified atom stereocenters. The first kappa shape index (κ1) is 15.8. The van der Waals surface area contributed by atoms with Gasteiger partial charge < -0.3 is 14.6 Å². The van der Waals surface area contributed by atoms with E-state index in [1.807, 2.05) is 42.5 Å². The predicted octanol–water partition coefficient (Wildman–Crippen LogP) is 3.02. The molecule has 1 heterocycles. The molecule has 0 aliphatic rings. The van der Waals surface area contributed by atoms with Gasteiger partial charge in [-0.2, -0.15) is 0 Å². The summed E-state index contributed by atoms with van der Waals surface area (Å²) >= 11 is 0. The molecule has 0 spiro atoms. The maximum atomic E-state index is 12.4. The zero-order valence-electron chi connectivity index (χ0n) is 13.6. The van der Waals surface area contributed by atoms with Crippen molar-refractivity contribution < 1.29 is 14.3 Å². The first-order valence-electron chi connectivity index (χ1n) is 7.60. The Morgan fingerprint density at radius 1 is 1.04 bits per heavy atom. The SMILES string of the molecule is CN(C)C(=O)C(=O)c1c[nH]c2cccc(OCc3ccccc3)c12. The molecule has 0 fully saturated rings. The molecule has 0 aliphatic carbocycles. The van der Waals surface area contributed by atoms with Crippen molar-refractivity contribution >= 4 is 22.6 Å². The van der Waals surface area contributed by atoms with Crippen molar-refractivity contribution in [1.82, 2.24) is 9.88 Å². The zero-order valence-corrected chi connectivity index (χ0v) is 13.6. The summed E-state index contributed by atoms with van der Waals surface area (Å²) < 4.78 is 5.90. The number of aromatic nitrogens is 1. The van der Waals surface area contributed by atoms with Crippen LogP contribution >= 0.6 is 0 Å². The number of nitrogens with zero attached hydrogens (tertiary/aromatic N) is 1. The number of carbonyl (C=O) groups excluding carboxylic acids is 2. The van der Waals surface area contributed by atoms with Gasteiger partial charge in [-0.25, -0.2) is 0 Å². The number of rotatable bonds is 5. The highest BCUT2D eigenvalue weighted by Gasteiger charge is 2.23. The molecule has 0 saturated carbocycles. The van der Waals surface area contributed by atoms with Gasteiger partial charge in [0.25, 0.3) is 11.7 Å². The van der Waals surface area contributed by atoms with Crippen LogP contribution < -0.4 is 4.74 Å². The summed E-state index contributed by atoms with van der Waals surface area (Å²) in [7, 11) is 3.11. The van der Waals surface area contributed by atoms with E-state index in [2.05, 4.69) is 4.98 Å². The fourth-order valence-corrected chi connectivity index (χ4v) is 2.50. The molecule has 122 valence electrons. The summed E-state index contributed by atoms with van der Waals surface area (Å²) in [5.41, 5.74) is 2.12. The minimum atomic E-state index is -0.561. The van der Waals surface area contributed by atoms with E-state index in [9.17, 15) is 9.59 Å². The van der Waals surface area contributed by atoms with Gasteiger partial charge in [0.1, 0.15) is 12.4 Å². The minimum Gasteiger partial charge on any atom is -0.488 e. The number of H-pyrrole nitrogens is 1. The van der Waals surface area contributed by atoms with Crippen LogP contribution in [-0.4, -0.2) is 35.7 Å². The second-order valence-electron chi connectivity index (χ2n) is 5.68. The number of hydrogen-bond acceptors (Lipinski definition) is 3. The molecule has 3 rings (SSSR count). The van der Waals surface area contributed by atoms with Crippen molar-refractivity contribution in [1.29, 1.82) is 0 Å². The zero-order chi connectivity index (χ0) is 17.1. The third kappa shape index (κ3) is 3.01. The fourth-order valence-electron chi connectivity index (χ4n) is 2.50. The Bertz CT molecular complexity index is 882. The van der Waals surface area contributed by atoms with E-state index in [0.29, 0.717) is 23.3 Å². The highest BCUT2D eigenvalue weighted by atomic mass is 16.5. The molecular formula is C19H18N2O3. The van der Waals surface area contributed by atoms with Crippen LogP contribution in [0, 0.1) is 0 Å². The summed E-state index contributed by atoms with van der Waals surface area (Å²) in [4.78, 5) is 28.7. The first-order chi connectivity index (χ1) is 11.6. The molecule has 3 aromatic rings. The first-order valence-corrected chi connectivity index (χ1v) is 7.60. The monoisotopic (exact) mass is 322 g/mol. The number of ether oxygens (including phenoxy) is 1. The van der Waals surface area contributed by atoms with Crippen LogP contribution in [0.15, 0.2) is 54.7 Å².